The number of likely N-dealkylation sites (N-methyl/N-ethyl adjacent to an activating group) is 1. The van der Waals surface area contributed by atoms with E-state index in [4.69, 9.17) is 10.00 Å². The molecule has 1 aromatic rings. The molecule has 1 atom stereocenters. The Kier molecular flexibility index (Phi) is 6.20. The summed E-state index contributed by atoms with van der Waals surface area (Å²) in [7, 11) is 0. The van der Waals surface area contributed by atoms with Crippen LogP contribution in [0.25, 0.3) is 0 Å². The van der Waals surface area contributed by atoms with Gasteiger partial charge in [-0.3, -0.25) is 4.90 Å². The topological polar surface area (TPSA) is 56.5 Å². The predicted octanol–water partition coefficient (Wildman–Crippen LogP) is 1.58. The number of benzene rings is 1. The molecule has 1 unspecified atom stereocenters. The van der Waals surface area contributed by atoms with Gasteiger partial charge in [-0.1, -0.05) is 24.6 Å². The molecule has 1 N–H and O–H groups in total. The van der Waals surface area contributed by atoms with Crippen molar-refractivity contribution in [2.75, 3.05) is 26.2 Å². The Hall–Kier alpha value is -1.57. The second kappa shape index (κ2) is 7.70. The lowest BCUT2D eigenvalue weighted by molar-refractivity contribution is 0.0740. The average Bonchev–Trinajstić information content (AvgIpc) is 2.37. The van der Waals surface area contributed by atoms with Crippen LogP contribution in [0.3, 0.4) is 0 Å². The van der Waals surface area contributed by atoms with E-state index in [-0.39, 0.29) is 6.61 Å². The maximum Gasteiger partial charge on any atom is 0.119 e. The molecule has 0 saturated carbocycles. The van der Waals surface area contributed by atoms with Gasteiger partial charge in [-0.15, -0.1) is 0 Å². The van der Waals surface area contributed by atoms with Crippen LogP contribution in [0.4, 0.5) is 0 Å². The minimum atomic E-state index is -0.584. The van der Waals surface area contributed by atoms with Crippen LogP contribution >= 0.6 is 0 Å². The Balaban J connectivity index is 2.34. The van der Waals surface area contributed by atoms with Crippen molar-refractivity contribution in [1.29, 1.82) is 5.26 Å². The number of nitriles is 1. The Morgan fingerprint density at radius 1 is 1.39 bits per heavy atom. The quantitative estimate of drug-likeness (QED) is 0.744. The lowest BCUT2D eigenvalue weighted by Gasteiger charge is -2.20. The summed E-state index contributed by atoms with van der Waals surface area (Å²) in [4.78, 5) is 1.88. The SMILES string of the molecule is CCN(CC#N)CC(O)COc1ccc(C)cc1. The molecule has 0 aliphatic rings. The van der Waals surface area contributed by atoms with Gasteiger partial charge in [0.25, 0.3) is 0 Å². The fraction of sp³-hybridized carbons (Fsp3) is 0.500. The van der Waals surface area contributed by atoms with Gasteiger partial charge in [-0.25, -0.2) is 0 Å². The second-order valence-corrected chi connectivity index (χ2v) is 4.26. The van der Waals surface area contributed by atoms with Gasteiger partial charge in [-0.05, 0) is 25.6 Å². The second-order valence-electron chi connectivity index (χ2n) is 4.26. The number of hydrogen-bond acceptors (Lipinski definition) is 4. The highest BCUT2D eigenvalue weighted by atomic mass is 16.5. The molecule has 0 fully saturated rings. The lowest BCUT2D eigenvalue weighted by Crippen LogP contribution is -2.35. The third-order valence-corrected chi connectivity index (χ3v) is 2.67. The van der Waals surface area contributed by atoms with E-state index >= 15 is 0 Å². The number of aliphatic hydroxyl groups excluding tert-OH is 1. The van der Waals surface area contributed by atoms with Crippen molar-refractivity contribution in [3.63, 3.8) is 0 Å². The molecule has 1 aromatic carbocycles. The van der Waals surface area contributed by atoms with Crippen LogP contribution in [0.15, 0.2) is 24.3 Å². The molecule has 0 amide bonds. The maximum absolute atomic E-state index is 9.82. The molecule has 0 spiro atoms. The summed E-state index contributed by atoms with van der Waals surface area (Å²) in [6, 6.07) is 9.78. The van der Waals surface area contributed by atoms with E-state index in [2.05, 4.69) is 6.07 Å². The molecule has 4 nitrogen and oxygen atoms in total. The molecule has 0 aliphatic carbocycles. The number of nitrogens with zero attached hydrogens (tertiary/aromatic N) is 2. The van der Waals surface area contributed by atoms with Gasteiger partial charge in [0.05, 0.1) is 12.6 Å². The molecular weight excluding hydrogens is 228 g/mol. The standard InChI is InChI=1S/C14H20N2O2/c1-3-16(9-8-15)10-13(17)11-18-14-6-4-12(2)5-7-14/h4-7,13,17H,3,9-11H2,1-2H3. The van der Waals surface area contributed by atoms with E-state index in [1.807, 2.05) is 43.0 Å². The van der Waals surface area contributed by atoms with Gasteiger partial charge in [0.15, 0.2) is 0 Å². The third kappa shape index (κ3) is 5.17. The smallest absolute Gasteiger partial charge is 0.119 e. The summed E-state index contributed by atoms with van der Waals surface area (Å²) in [6.07, 6.45) is -0.584. The van der Waals surface area contributed by atoms with E-state index in [0.717, 1.165) is 12.3 Å². The van der Waals surface area contributed by atoms with Crippen molar-refractivity contribution in [2.45, 2.75) is 20.0 Å². The molecule has 0 aliphatic heterocycles. The van der Waals surface area contributed by atoms with Crippen LogP contribution in [-0.2, 0) is 0 Å². The first-order valence-electron chi connectivity index (χ1n) is 6.12. The molecule has 0 saturated heterocycles. The summed E-state index contributed by atoms with van der Waals surface area (Å²) in [5.41, 5.74) is 1.18. The van der Waals surface area contributed by atoms with Crippen LogP contribution in [0.1, 0.15) is 12.5 Å². The largest absolute Gasteiger partial charge is 0.491 e. The molecule has 4 heteroatoms. The highest BCUT2D eigenvalue weighted by Gasteiger charge is 2.10. The Bertz CT molecular complexity index is 384. The number of aryl methyl sites for hydroxylation is 1. The molecule has 0 bridgehead atoms. The monoisotopic (exact) mass is 248 g/mol. The average molecular weight is 248 g/mol. The van der Waals surface area contributed by atoms with Gasteiger partial charge < -0.3 is 9.84 Å². The van der Waals surface area contributed by atoms with E-state index in [1.54, 1.807) is 0 Å². The first-order valence-corrected chi connectivity index (χ1v) is 6.12. The molecule has 0 radical (unpaired) electrons. The number of hydrogen-bond donors (Lipinski definition) is 1. The summed E-state index contributed by atoms with van der Waals surface area (Å²) in [5, 5.41) is 18.4. The van der Waals surface area contributed by atoms with Crippen molar-refractivity contribution in [1.82, 2.24) is 4.90 Å². The minimum absolute atomic E-state index is 0.241. The van der Waals surface area contributed by atoms with Gasteiger partial charge in [0.2, 0.25) is 0 Å². The fourth-order valence-electron chi connectivity index (χ4n) is 1.58. The van der Waals surface area contributed by atoms with E-state index in [9.17, 15) is 5.11 Å². The maximum atomic E-state index is 9.82. The summed E-state index contributed by atoms with van der Waals surface area (Å²) < 4.78 is 5.49. The predicted molar refractivity (Wildman–Crippen MR) is 70.4 cm³/mol. The van der Waals surface area contributed by atoms with Crippen molar-refractivity contribution >= 4 is 0 Å². The molecular formula is C14H20N2O2. The molecule has 0 aromatic heterocycles. The zero-order chi connectivity index (χ0) is 13.4. The molecule has 98 valence electrons. The van der Waals surface area contributed by atoms with Crippen molar-refractivity contribution in [2.24, 2.45) is 0 Å². The molecule has 1 rings (SSSR count). The zero-order valence-electron chi connectivity index (χ0n) is 11.0. The number of aliphatic hydroxyl groups is 1. The number of ether oxygens (including phenoxy) is 1. The van der Waals surface area contributed by atoms with E-state index in [1.165, 1.54) is 5.56 Å². The Labute approximate surface area is 108 Å². The highest BCUT2D eigenvalue weighted by Crippen LogP contribution is 2.11. The van der Waals surface area contributed by atoms with Crippen LogP contribution in [0.5, 0.6) is 5.75 Å². The van der Waals surface area contributed by atoms with Crippen molar-refractivity contribution in [3.8, 4) is 11.8 Å². The van der Waals surface area contributed by atoms with Crippen LogP contribution in [-0.4, -0.2) is 42.4 Å². The van der Waals surface area contributed by atoms with Gasteiger partial charge in [-0.2, -0.15) is 5.26 Å². The summed E-state index contributed by atoms with van der Waals surface area (Å²) in [6.45, 7) is 5.75. The fourth-order valence-corrected chi connectivity index (χ4v) is 1.58. The minimum Gasteiger partial charge on any atom is -0.491 e. The summed E-state index contributed by atoms with van der Waals surface area (Å²) >= 11 is 0. The van der Waals surface area contributed by atoms with Gasteiger partial charge in [0, 0.05) is 6.54 Å². The zero-order valence-corrected chi connectivity index (χ0v) is 11.0. The van der Waals surface area contributed by atoms with Gasteiger partial charge in [0.1, 0.15) is 18.5 Å². The molecule has 0 heterocycles. The third-order valence-electron chi connectivity index (χ3n) is 2.67. The normalized spacial score (nSPS) is 12.2. The van der Waals surface area contributed by atoms with Crippen LogP contribution < -0.4 is 4.74 Å². The molecule has 18 heavy (non-hydrogen) atoms. The van der Waals surface area contributed by atoms with Crippen LogP contribution in [0, 0.1) is 18.3 Å². The first-order chi connectivity index (χ1) is 8.65. The van der Waals surface area contributed by atoms with E-state index in [0.29, 0.717) is 13.1 Å². The Morgan fingerprint density at radius 2 is 2.06 bits per heavy atom. The highest BCUT2D eigenvalue weighted by molar-refractivity contribution is 5.26. The first kappa shape index (κ1) is 14.5. The van der Waals surface area contributed by atoms with Crippen molar-refractivity contribution < 1.29 is 9.84 Å². The van der Waals surface area contributed by atoms with Crippen LogP contribution in [0.2, 0.25) is 0 Å². The van der Waals surface area contributed by atoms with Gasteiger partial charge >= 0.3 is 0 Å². The summed E-state index contributed by atoms with van der Waals surface area (Å²) in [5.74, 6) is 0.753. The van der Waals surface area contributed by atoms with Crippen molar-refractivity contribution in [3.05, 3.63) is 29.8 Å². The Morgan fingerprint density at radius 3 is 2.61 bits per heavy atom. The number of rotatable bonds is 7. The lowest BCUT2D eigenvalue weighted by atomic mass is 10.2. The van der Waals surface area contributed by atoms with E-state index < -0.39 is 6.10 Å².